The molecule has 1 aromatic rings. The lowest BCUT2D eigenvalue weighted by Gasteiger charge is -2.04. The van der Waals surface area contributed by atoms with Crippen molar-refractivity contribution >= 4 is 25.3 Å². The van der Waals surface area contributed by atoms with Gasteiger partial charge in [0.05, 0.1) is 6.61 Å². The number of aromatic nitrogens is 3. The van der Waals surface area contributed by atoms with Crippen molar-refractivity contribution in [1.29, 1.82) is 0 Å². The van der Waals surface area contributed by atoms with E-state index in [1.807, 2.05) is 0 Å². The van der Waals surface area contributed by atoms with Crippen LogP contribution in [0.2, 0.25) is 0 Å². The van der Waals surface area contributed by atoms with E-state index in [0.29, 0.717) is 22.9 Å². The first kappa shape index (κ1) is 12.6. The third kappa shape index (κ3) is 5.22. The molecule has 0 aliphatic heterocycles. The predicted octanol–water partition coefficient (Wildman–Crippen LogP) is 2.41. The van der Waals surface area contributed by atoms with Crippen molar-refractivity contribution in [2.45, 2.75) is 42.9 Å². The number of rotatable bonds is 6. The molecule has 6 heteroatoms. The monoisotopic (exact) mass is 245 g/mol. The standard InChI is InChI=1S/C9H15N3OS2/c1-2-3-4-5-6-13-7-10-8(14)12-9(15)11-7/h2-6H2,1H3,(H2,10,11,12,14,15). The van der Waals surface area contributed by atoms with Crippen LogP contribution in [-0.4, -0.2) is 21.6 Å². The first-order valence-electron chi connectivity index (χ1n) is 4.99. The summed E-state index contributed by atoms with van der Waals surface area (Å²) >= 11 is 8.02. The summed E-state index contributed by atoms with van der Waals surface area (Å²) < 4.78 is 5.35. The summed E-state index contributed by atoms with van der Waals surface area (Å²) in [4.78, 5) is 11.7. The zero-order valence-electron chi connectivity index (χ0n) is 8.68. The number of nitrogens with zero attached hydrogens (tertiary/aromatic N) is 3. The van der Waals surface area contributed by atoms with Gasteiger partial charge in [-0.25, -0.2) is 0 Å². The van der Waals surface area contributed by atoms with Crippen LogP contribution in [0.25, 0.3) is 0 Å². The summed E-state index contributed by atoms with van der Waals surface area (Å²) in [5.74, 6) is 0. The van der Waals surface area contributed by atoms with Crippen molar-refractivity contribution in [3.05, 3.63) is 0 Å². The molecule has 1 aromatic heterocycles. The van der Waals surface area contributed by atoms with Crippen molar-refractivity contribution < 1.29 is 4.74 Å². The number of unbranched alkanes of at least 4 members (excludes halogenated alkanes) is 3. The zero-order valence-corrected chi connectivity index (χ0v) is 10.5. The van der Waals surface area contributed by atoms with Crippen LogP contribution in [0.3, 0.4) is 0 Å². The molecule has 0 radical (unpaired) electrons. The van der Waals surface area contributed by atoms with E-state index in [1.54, 1.807) is 0 Å². The second-order valence-electron chi connectivity index (χ2n) is 3.13. The fourth-order valence-corrected chi connectivity index (χ4v) is 1.53. The van der Waals surface area contributed by atoms with Crippen molar-refractivity contribution in [3.63, 3.8) is 0 Å². The van der Waals surface area contributed by atoms with Gasteiger partial charge in [0.1, 0.15) is 0 Å². The van der Waals surface area contributed by atoms with Crippen LogP contribution < -0.4 is 4.74 Å². The van der Waals surface area contributed by atoms with E-state index in [0.717, 1.165) is 6.42 Å². The maximum Gasteiger partial charge on any atom is 0.321 e. The van der Waals surface area contributed by atoms with Crippen molar-refractivity contribution in [2.75, 3.05) is 6.61 Å². The van der Waals surface area contributed by atoms with Gasteiger partial charge in [0.2, 0.25) is 0 Å². The molecule has 15 heavy (non-hydrogen) atoms. The summed E-state index contributed by atoms with van der Waals surface area (Å²) in [6, 6.07) is 0.302. The lowest BCUT2D eigenvalue weighted by molar-refractivity contribution is 0.274. The third-order valence-corrected chi connectivity index (χ3v) is 2.22. The zero-order chi connectivity index (χ0) is 11.1. The minimum atomic E-state index is 0.302. The Kier molecular flexibility index (Phi) is 5.78. The Bertz CT molecular complexity index is 289. The van der Waals surface area contributed by atoms with Crippen LogP contribution in [0.5, 0.6) is 6.01 Å². The molecule has 4 nitrogen and oxygen atoms in total. The molecule has 0 aliphatic carbocycles. The molecule has 1 heterocycles. The molecule has 84 valence electrons. The lowest BCUT2D eigenvalue weighted by Crippen LogP contribution is -2.03. The highest BCUT2D eigenvalue weighted by Crippen LogP contribution is 2.09. The van der Waals surface area contributed by atoms with E-state index >= 15 is 0 Å². The molecule has 0 aromatic carbocycles. The molecule has 0 bridgehead atoms. The Morgan fingerprint density at radius 2 is 1.67 bits per heavy atom. The van der Waals surface area contributed by atoms with Crippen LogP contribution in [-0.2, 0) is 0 Å². The number of thiol groups is 2. The average molecular weight is 245 g/mol. The van der Waals surface area contributed by atoms with Gasteiger partial charge < -0.3 is 4.74 Å². The molecular weight excluding hydrogens is 230 g/mol. The van der Waals surface area contributed by atoms with Crippen molar-refractivity contribution in [3.8, 4) is 6.01 Å². The van der Waals surface area contributed by atoms with Crippen molar-refractivity contribution in [2.24, 2.45) is 0 Å². The Balaban J connectivity index is 2.31. The summed E-state index contributed by atoms with van der Waals surface area (Å²) in [5.41, 5.74) is 0. The fraction of sp³-hybridized carbons (Fsp3) is 0.667. The lowest BCUT2D eigenvalue weighted by atomic mass is 10.2. The van der Waals surface area contributed by atoms with Gasteiger partial charge in [-0.05, 0) is 6.42 Å². The van der Waals surface area contributed by atoms with Gasteiger partial charge in [-0.3, -0.25) is 0 Å². The summed E-state index contributed by atoms with van der Waals surface area (Å²) in [6.45, 7) is 2.80. The van der Waals surface area contributed by atoms with Gasteiger partial charge in [0, 0.05) is 0 Å². The van der Waals surface area contributed by atoms with Gasteiger partial charge in [-0.15, -0.1) is 25.3 Å². The summed E-state index contributed by atoms with van der Waals surface area (Å²) in [7, 11) is 0. The van der Waals surface area contributed by atoms with Crippen molar-refractivity contribution in [1.82, 2.24) is 15.0 Å². The highest BCUT2D eigenvalue weighted by molar-refractivity contribution is 7.80. The molecule has 0 unspecified atom stereocenters. The second-order valence-corrected chi connectivity index (χ2v) is 3.93. The summed E-state index contributed by atoms with van der Waals surface area (Å²) in [6.07, 6.45) is 4.63. The first-order chi connectivity index (χ1) is 7.22. The molecule has 0 saturated carbocycles. The number of ether oxygens (including phenoxy) is 1. The third-order valence-electron chi connectivity index (χ3n) is 1.82. The molecule has 0 amide bonds. The fourth-order valence-electron chi connectivity index (χ4n) is 1.09. The molecular formula is C9H15N3OS2. The SMILES string of the molecule is CCCCCCOc1nc(S)nc(S)n1. The van der Waals surface area contributed by atoms with Crippen LogP contribution in [0.15, 0.2) is 10.3 Å². The van der Waals surface area contributed by atoms with Crippen LogP contribution in [0.1, 0.15) is 32.6 Å². The maximum absolute atomic E-state index is 5.35. The molecule has 0 atom stereocenters. The molecule has 0 saturated heterocycles. The predicted molar refractivity (Wildman–Crippen MR) is 64.0 cm³/mol. The average Bonchev–Trinajstić information content (AvgIpc) is 2.16. The minimum Gasteiger partial charge on any atom is -0.463 e. The Hall–Kier alpha value is -0.490. The number of hydrogen-bond donors (Lipinski definition) is 2. The Morgan fingerprint density at radius 3 is 2.27 bits per heavy atom. The van der Waals surface area contributed by atoms with E-state index < -0.39 is 0 Å². The Morgan fingerprint density at radius 1 is 1.00 bits per heavy atom. The van der Waals surface area contributed by atoms with Crippen LogP contribution in [0, 0.1) is 0 Å². The maximum atomic E-state index is 5.35. The van der Waals surface area contributed by atoms with E-state index in [9.17, 15) is 0 Å². The van der Waals surface area contributed by atoms with E-state index in [1.165, 1.54) is 19.3 Å². The van der Waals surface area contributed by atoms with Gasteiger partial charge in [-0.1, -0.05) is 26.2 Å². The highest BCUT2D eigenvalue weighted by Gasteiger charge is 2.01. The topological polar surface area (TPSA) is 47.9 Å². The quantitative estimate of drug-likeness (QED) is 0.597. The van der Waals surface area contributed by atoms with Gasteiger partial charge in [-0.2, -0.15) is 15.0 Å². The van der Waals surface area contributed by atoms with Crippen LogP contribution >= 0.6 is 25.3 Å². The molecule has 0 N–H and O–H groups in total. The van der Waals surface area contributed by atoms with Gasteiger partial charge in [0.25, 0.3) is 0 Å². The van der Waals surface area contributed by atoms with E-state index in [-0.39, 0.29) is 0 Å². The largest absolute Gasteiger partial charge is 0.463 e. The molecule has 0 aliphatic rings. The molecule has 1 rings (SSSR count). The summed E-state index contributed by atoms with van der Waals surface area (Å²) in [5, 5.41) is 0.664. The smallest absolute Gasteiger partial charge is 0.321 e. The van der Waals surface area contributed by atoms with E-state index in [2.05, 4.69) is 47.1 Å². The minimum absolute atomic E-state index is 0.302. The molecule has 0 spiro atoms. The second kappa shape index (κ2) is 6.90. The van der Waals surface area contributed by atoms with Gasteiger partial charge in [0.15, 0.2) is 10.3 Å². The first-order valence-corrected chi connectivity index (χ1v) is 5.88. The van der Waals surface area contributed by atoms with Gasteiger partial charge >= 0.3 is 6.01 Å². The van der Waals surface area contributed by atoms with Crippen LogP contribution in [0.4, 0.5) is 0 Å². The normalized spacial score (nSPS) is 10.3. The Labute approximate surface area is 101 Å². The van der Waals surface area contributed by atoms with E-state index in [4.69, 9.17) is 4.74 Å². The highest BCUT2D eigenvalue weighted by atomic mass is 32.1. The molecule has 0 fully saturated rings. The number of hydrogen-bond acceptors (Lipinski definition) is 6.